The van der Waals surface area contributed by atoms with Gasteiger partial charge in [-0.1, -0.05) is 30.3 Å². The third-order valence-corrected chi connectivity index (χ3v) is 4.69. The molecule has 1 aliphatic carbocycles. The highest BCUT2D eigenvalue weighted by molar-refractivity contribution is 5.72. The summed E-state index contributed by atoms with van der Waals surface area (Å²) in [6, 6.07) is 11.4. The number of hydrogen-bond acceptors (Lipinski definition) is 2. The van der Waals surface area contributed by atoms with Crippen molar-refractivity contribution in [3.8, 4) is 0 Å². The molecule has 1 heterocycles. The number of carbonyl (C=O) groups excluding carboxylic acids is 1. The largest absolute Gasteiger partial charge is 0.356 e. The first-order chi connectivity index (χ1) is 9.24. The van der Waals surface area contributed by atoms with Gasteiger partial charge in [0.1, 0.15) is 0 Å². The van der Waals surface area contributed by atoms with Crippen LogP contribution >= 0.6 is 0 Å². The molecular weight excluding hydrogens is 236 g/mol. The first kappa shape index (κ1) is 12.7. The molecule has 1 aromatic carbocycles. The minimum atomic E-state index is 0.0981. The molecule has 0 aromatic heterocycles. The Morgan fingerprint density at radius 2 is 2.11 bits per heavy atom. The highest BCUT2D eigenvalue weighted by Crippen LogP contribution is 2.42. The summed E-state index contributed by atoms with van der Waals surface area (Å²) in [5, 5.41) is 3.01. The van der Waals surface area contributed by atoms with E-state index in [-0.39, 0.29) is 5.91 Å². The molecule has 3 heteroatoms. The summed E-state index contributed by atoms with van der Waals surface area (Å²) in [7, 11) is 0. The number of piperidine rings is 1. The lowest BCUT2D eigenvalue weighted by atomic mass is 9.98. The van der Waals surface area contributed by atoms with Gasteiger partial charge in [0.25, 0.3) is 0 Å². The van der Waals surface area contributed by atoms with Crippen LogP contribution in [0, 0.1) is 11.8 Å². The number of fused-ring (bicyclic) bond motifs is 2. The van der Waals surface area contributed by atoms with Gasteiger partial charge in [0.05, 0.1) is 0 Å². The van der Waals surface area contributed by atoms with Crippen molar-refractivity contribution in [2.75, 3.05) is 13.1 Å². The van der Waals surface area contributed by atoms with E-state index in [0.29, 0.717) is 12.0 Å². The summed E-state index contributed by atoms with van der Waals surface area (Å²) >= 11 is 0. The fourth-order valence-corrected chi connectivity index (χ4v) is 3.81. The zero-order valence-electron chi connectivity index (χ0n) is 11.5. The number of hydrogen-bond donors (Lipinski definition) is 1. The first-order valence-corrected chi connectivity index (χ1v) is 7.26. The van der Waals surface area contributed by atoms with Crippen molar-refractivity contribution in [3.05, 3.63) is 35.9 Å². The highest BCUT2D eigenvalue weighted by Gasteiger charge is 2.46. The maximum absolute atomic E-state index is 11.1. The van der Waals surface area contributed by atoms with E-state index in [1.165, 1.54) is 24.9 Å². The molecule has 1 aromatic rings. The van der Waals surface area contributed by atoms with Crippen LogP contribution in [0.3, 0.4) is 0 Å². The summed E-state index contributed by atoms with van der Waals surface area (Å²) in [5.41, 5.74) is 1.40. The van der Waals surface area contributed by atoms with Crippen LogP contribution in [0.25, 0.3) is 0 Å². The number of nitrogens with zero attached hydrogens (tertiary/aromatic N) is 1. The Morgan fingerprint density at radius 3 is 2.84 bits per heavy atom. The summed E-state index contributed by atoms with van der Waals surface area (Å²) in [6.45, 7) is 4.72. The van der Waals surface area contributed by atoms with Gasteiger partial charge in [-0.2, -0.15) is 0 Å². The van der Waals surface area contributed by atoms with Crippen LogP contribution in [-0.4, -0.2) is 29.9 Å². The number of likely N-dealkylation sites (tertiary alicyclic amines) is 1. The number of carbonyl (C=O) groups is 1. The van der Waals surface area contributed by atoms with Gasteiger partial charge >= 0.3 is 0 Å². The molecular formula is C16H22N2O. The average molecular weight is 258 g/mol. The van der Waals surface area contributed by atoms with Gasteiger partial charge in [0.2, 0.25) is 5.91 Å². The quantitative estimate of drug-likeness (QED) is 0.896. The molecule has 1 saturated heterocycles. The summed E-state index contributed by atoms with van der Waals surface area (Å²) in [4.78, 5) is 13.7. The smallest absolute Gasteiger partial charge is 0.216 e. The van der Waals surface area contributed by atoms with E-state index in [1.54, 1.807) is 6.92 Å². The lowest BCUT2D eigenvalue weighted by molar-refractivity contribution is -0.119. The summed E-state index contributed by atoms with van der Waals surface area (Å²) in [5.74, 6) is 1.54. The van der Waals surface area contributed by atoms with Crippen LogP contribution in [0.2, 0.25) is 0 Å². The van der Waals surface area contributed by atoms with E-state index >= 15 is 0 Å². The molecule has 0 radical (unpaired) electrons. The molecule has 1 N–H and O–H groups in total. The predicted molar refractivity (Wildman–Crippen MR) is 75.5 cm³/mol. The molecule has 3 rings (SSSR count). The molecule has 3 atom stereocenters. The molecule has 0 spiro atoms. The van der Waals surface area contributed by atoms with Crippen LogP contribution in [0.5, 0.6) is 0 Å². The third-order valence-electron chi connectivity index (χ3n) is 4.69. The lowest BCUT2D eigenvalue weighted by Gasteiger charge is -2.27. The third kappa shape index (κ3) is 2.66. The number of amides is 1. The van der Waals surface area contributed by atoms with Crippen molar-refractivity contribution < 1.29 is 4.79 Å². The first-order valence-electron chi connectivity index (χ1n) is 7.26. The van der Waals surface area contributed by atoms with Crippen LogP contribution < -0.4 is 5.32 Å². The summed E-state index contributed by atoms with van der Waals surface area (Å²) in [6.07, 6.45) is 2.63. The molecule has 19 heavy (non-hydrogen) atoms. The zero-order chi connectivity index (χ0) is 13.2. The van der Waals surface area contributed by atoms with Gasteiger partial charge in [0, 0.05) is 32.6 Å². The van der Waals surface area contributed by atoms with Crippen molar-refractivity contribution in [1.29, 1.82) is 0 Å². The van der Waals surface area contributed by atoms with Crippen molar-refractivity contribution in [2.45, 2.75) is 32.4 Å². The second-order valence-electron chi connectivity index (χ2n) is 5.92. The van der Waals surface area contributed by atoms with Gasteiger partial charge in [-0.25, -0.2) is 0 Å². The van der Waals surface area contributed by atoms with E-state index < -0.39 is 0 Å². The fourth-order valence-electron chi connectivity index (χ4n) is 3.81. The second-order valence-corrected chi connectivity index (χ2v) is 5.92. The standard InChI is InChI=1S/C16H22N2O/c1-12(19)17-9-15-14-7-8-16(15)18(11-14)10-13-5-3-2-4-6-13/h2-6,14-16H,7-11H2,1H3,(H,17,19). The highest BCUT2D eigenvalue weighted by atomic mass is 16.1. The van der Waals surface area contributed by atoms with Gasteiger partial charge in [-0.3, -0.25) is 9.69 Å². The lowest BCUT2D eigenvalue weighted by Crippen LogP contribution is -2.36. The molecule has 1 amide bonds. The number of rotatable bonds is 4. The van der Waals surface area contributed by atoms with E-state index in [4.69, 9.17) is 0 Å². The van der Waals surface area contributed by atoms with Crippen molar-refractivity contribution in [2.24, 2.45) is 11.8 Å². The Hall–Kier alpha value is -1.35. The molecule has 2 fully saturated rings. The Balaban J connectivity index is 1.62. The van der Waals surface area contributed by atoms with Gasteiger partial charge < -0.3 is 5.32 Å². The van der Waals surface area contributed by atoms with Crippen molar-refractivity contribution >= 4 is 5.91 Å². The Bertz CT molecular complexity index is 445. The van der Waals surface area contributed by atoms with E-state index in [9.17, 15) is 4.79 Å². The molecule has 3 unspecified atom stereocenters. The predicted octanol–water partition coefficient (Wildman–Crippen LogP) is 2.03. The second kappa shape index (κ2) is 5.33. The van der Waals surface area contributed by atoms with E-state index in [0.717, 1.165) is 19.0 Å². The van der Waals surface area contributed by atoms with Crippen LogP contribution in [0.15, 0.2) is 30.3 Å². The molecule has 2 aliphatic rings. The molecule has 1 aliphatic heterocycles. The Labute approximate surface area is 115 Å². The van der Waals surface area contributed by atoms with E-state index in [1.807, 2.05) is 0 Å². The van der Waals surface area contributed by atoms with Crippen molar-refractivity contribution in [3.63, 3.8) is 0 Å². The molecule has 3 nitrogen and oxygen atoms in total. The molecule has 1 saturated carbocycles. The van der Waals surface area contributed by atoms with Gasteiger partial charge in [-0.05, 0) is 30.2 Å². The van der Waals surface area contributed by atoms with Crippen LogP contribution in [0.1, 0.15) is 25.3 Å². The normalized spacial score (nSPS) is 29.6. The minimum Gasteiger partial charge on any atom is -0.356 e. The average Bonchev–Trinajstić information content (AvgIpc) is 2.94. The Kier molecular flexibility index (Phi) is 3.56. The fraction of sp³-hybridized carbons (Fsp3) is 0.562. The monoisotopic (exact) mass is 258 g/mol. The van der Waals surface area contributed by atoms with Crippen LogP contribution in [-0.2, 0) is 11.3 Å². The van der Waals surface area contributed by atoms with Gasteiger partial charge in [0.15, 0.2) is 0 Å². The van der Waals surface area contributed by atoms with Gasteiger partial charge in [-0.15, -0.1) is 0 Å². The maximum atomic E-state index is 11.1. The SMILES string of the molecule is CC(=O)NCC1C2CCC1N(Cc1ccccc1)C2. The maximum Gasteiger partial charge on any atom is 0.216 e. The molecule has 2 bridgehead atoms. The number of nitrogens with one attached hydrogen (secondary N) is 1. The zero-order valence-corrected chi connectivity index (χ0v) is 11.5. The Morgan fingerprint density at radius 1 is 1.32 bits per heavy atom. The van der Waals surface area contributed by atoms with E-state index in [2.05, 4.69) is 40.5 Å². The minimum absolute atomic E-state index is 0.0981. The van der Waals surface area contributed by atoms with Crippen LogP contribution in [0.4, 0.5) is 0 Å². The number of benzene rings is 1. The summed E-state index contributed by atoms with van der Waals surface area (Å²) < 4.78 is 0. The molecule has 102 valence electrons. The topological polar surface area (TPSA) is 32.3 Å². The van der Waals surface area contributed by atoms with Crippen molar-refractivity contribution in [1.82, 2.24) is 10.2 Å².